The van der Waals surface area contributed by atoms with E-state index in [2.05, 4.69) is 26.2 Å². The first-order valence-electron chi connectivity index (χ1n) is 9.85. The molecule has 8 heteroatoms. The van der Waals surface area contributed by atoms with E-state index in [-0.39, 0.29) is 5.91 Å². The first-order valence-corrected chi connectivity index (χ1v) is 9.85. The Kier molecular flexibility index (Phi) is 4.56. The summed E-state index contributed by atoms with van der Waals surface area (Å²) in [4.78, 5) is 27.1. The second-order valence-corrected chi connectivity index (χ2v) is 7.49. The van der Waals surface area contributed by atoms with Gasteiger partial charge in [-0.1, -0.05) is 35.0 Å². The van der Waals surface area contributed by atoms with Gasteiger partial charge in [0.05, 0.1) is 35.9 Å². The van der Waals surface area contributed by atoms with E-state index in [1.54, 1.807) is 35.5 Å². The Hall–Kier alpha value is -4.25. The monoisotopic (exact) mass is 410 g/mol. The molecular formula is C23H18N6O2. The number of aromatic amines is 1. The molecule has 31 heavy (non-hydrogen) atoms. The van der Waals surface area contributed by atoms with Crippen molar-refractivity contribution in [1.29, 1.82) is 5.26 Å². The van der Waals surface area contributed by atoms with Gasteiger partial charge in [-0.25, -0.2) is 4.98 Å². The van der Waals surface area contributed by atoms with Gasteiger partial charge in [-0.05, 0) is 31.2 Å². The van der Waals surface area contributed by atoms with Crippen molar-refractivity contribution in [2.75, 3.05) is 0 Å². The SMILES string of the molecule is Cc1ccc(-c2noc([C@@H]3Cc4nc[nH]c4CN3C(=O)c3ccc(C#N)cc3)n2)cc1. The molecule has 0 spiro atoms. The normalized spacial score (nSPS) is 15.4. The predicted octanol–water partition coefficient (Wildman–Crippen LogP) is 3.58. The number of rotatable bonds is 3. The number of amides is 1. The highest BCUT2D eigenvalue weighted by atomic mass is 16.5. The zero-order valence-electron chi connectivity index (χ0n) is 16.7. The van der Waals surface area contributed by atoms with Gasteiger partial charge in [0.15, 0.2) is 0 Å². The van der Waals surface area contributed by atoms with Crippen LogP contribution in [0.25, 0.3) is 11.4 Å². The number of aromatic nitrogens is 4. The Morgan fingerprint density at radius 1 is 1.19 bits per heavy atom. The largest absolute Gasteiger partial charge is 0.347 e. The van der Waals surface area contributed by atoms with Crippen molar-refractivity contribution in [2.24, 2.45) is 0 Å². The van der Waals surface area contributed by atoms with Crippen molar-refractivity contribution in [3.05, 3.63) is 88.8 Å². The number of imidazole rings is 1. The van der Waals surface area contributed by atoms with Crippen molar-refractivity contribution in [3.8, 4) is 17.5 Å². The fourth-order valence-electron chi connectivity index (χ4n) is 3.71. The maximum absolute atomic E-state index is 13.3. The summed E-state index contributed by atoms with van der Waals surface area (Å²) in [7, 11) is 0. The molecule has 4 aromatic rings. The predicted molar refractivity (Wildman–Crippen MR) is 111 cm³/mol. The molecule has 2 aromatic carbocycles. The molecule has 0 saturated heterocycles. The van der Waals surface area contributed by atoms with Gasteiger partial charge in [-0.15, -0.1) is 0 Å². The number of carbonyl (C=O) groups excluding carboxylic acids is 1. The van der Waals surface area contributed by atoms with Crippen LogP contribution in [0.4, 0.5) is 0 Å². The van der Waals surface area contributed by atoms with Gasteiger partial charge in [-0.3, -0.25) is 4.79 Å². The van der Waals surface area contributed by atoms with Gasteiger partial charge in [-0.2, -0.15) is 10.2 Å². The van der Waals surface area contributed by atoms with Crippen LogP contribution in [0, 0.1) is 18.3 Å². The van der Waals surface area contributed by atoms with Crippen LogP contribution in [0.2, 0.25) is 0 Å². The summed E-state index contributed by atoms with van der Waals surface area (Å²) >= 11 is 0. The zero-order valence-corrected chi connectivity index (χ0v) is 16.7. The molecule has 0 saturated carbocycles. The fraction of sp³-hybridized carbons (Fsp3) is 0.174. The third-order valence-electron chi connectivity index (χ3n) is 5.46. The van der Waals surface area contributed by atoms with Crippen molar-refractivity contribution in [3.63, 3.8) is 0 Å². The van der Waals surface area contributed by atoms with E-state index in [0.29, 0.717) is 35.8 Å². The van der Waals surface area contributed by atoms with Crippen molar-refractivity contribution < 1.29 is 9.32 Å². The minimum Gasteiger partial charge on any atom is -0.347 e. The molecule has 0 fully saturated rings. The molecule has 0 radical (unpaired) electrons. The van der Waals surface area contributed by atoms with Crippen LogP contribution in [-0.2, 0) is 13.0 Å². The van der Waals surface area contributed by atoms with Crippen molar-refractivity contribution in [1.82, 2.24) is 25.0 Å². The van der Waals surface area contributed by atoms with Crippen LogP contribution in [0.5, 0.6) is 0 Å². The number of nitriles is 1. The molecule has 1 aliphatic heterocycles. The van der Waals surface area contributed by atoms with Gasteiger partial charge >= 0.3 is 0 Å². The Labute approximate surface area is 178 Å². The van der Waals surface area contributed by atoms with Gasteiger partial charge in [0.1, 0.15) is 6.04 Å². The molecule has 0 bridgehead atoms. The second kappa shape index (κ2) is 7.54. The van der Waals surface area contributed by atoms with Crippen LogP contribution in [0.1, 0.15) is 44.8 Å². The van der Waals surface area contributed by atoms with E-state index >= 15 is 0 Å². The summed E-state index contributed by atoms with van der Waals surface area (Å²) in [6, 6.07) is 16.1. The topological polar surface area (TPSA) is 112 Å². The number of nitrogens with one attached hydrogen (secondary N) is 1. The average Bonchev–Trinajstić information content (AvgIpc) is 3.47. The highest BCUT2D eigenvalue weighted by molar-refractivity contribution is 5.94. The molecule has 2 aromatic heterocycles. The van der Waals surface area contributed by atoms with E-state index in [0.717, 1.165) is 22.5 Å². The number of H-pyrrole nitrogens is 1. The van der Waals surface area contributed by atoms with E-state index in [9.17, 15) is 4.79 Å². The fourth-order valence-corrected chi connectivity index (χ4v) is 3.71. The van der Waals surface area contributed by atoms with Crippen LogP contribution < -0.4 is 0 Å². The summed E-state index contributed by atoms with van der Waals surface area (Å²) < 4.78 is 5.60. The van der Waals surface area contributed by atoms with Crippen molar-refractivity contribution >= 4 is 5.91 Å². The minimum absolute atomic E-state index is 0.176. The quantitative estimate of drug-likeness (QED) is 0.552. The Bertz CT molecular complexity index is 1280. The molecule has 5 rings (SSSR count). The van der Waals surface area contributed by atoms with Crippen molar-refractivity contribution in [2.45, 2.75) is 25.9 Å². The number of benzene rings is 2. The lowest BCUT2D eigenvalue weighted by atomic mass is 10.0. The molecule has 3 heterocycles. The van der Waals surface area contributed by atoms with Gasteiger partial charge in [0.25, 0.3) is 5.91 Å². The third kappa shape index (κ3) is 3.46. The highest BCUT2D eigenvalue weighted by Crippen LogP contribution is 2.33. The van der Waals surface area contributed by atoms with Crippen LogP contribution in [0.3, 0.4) is 0 Å². The minimum atomic E-state index is -0.439. The Morgan fingerprint density at radius 3 is 2.71 bits per heavy atom. The summed E-state index contributed by atoms with van der Waals surface area (Å²) in [5, 5.41) is 13.2. The van der Waals surface area contributed by atoms with E-state index < -0.39 is 6.04 Å². The van der Waals surface area contributed by atoms with Gasteiger partial charge in [0.2, 0.25) is 11.7 Å². The number of hydrogen-bond acceptors (Lipinski definition) is 6. The molecular weight excluding hydrogens is 392 g/mol. The number of hydrogen-bond donors (Lipinski definition) is 1. The molecule has 152 valence electrons. The van der Waals surface area contributed by atoms with Crippen LogP contribution in [0.15, 0.2) is 59.4 Å². The van der Waals surface area contributed by atoms with E-state index in [1.165, 1.54) is 0 Å². The van der Waals surface area contributed by atoms with Gasteiger partial charge < -0.3 is 14.4 Å². The Balaban J connectivity index is 1.50. The number of fused-ring (bicyclic) bond motifs is 1. The summed E-state index contributed by atoms with van der Waals surface area (Å²) in [5.74, 6) is 0.671. The van der Waals surface area contributed by atoms with Crippen LogP contribution >= 0.6 is 0 Å². The number of aryl methyl sites for hydroxylation is 1. The lowest BCUT2D eigenvalue weighted by molar-refractivity contribution is 0.0590. The van der Waals surface area contributed by atoms with E-state index in [4.69, 9.17) is 9.78 Å². The second-order valence-electron chi connectivity index (χ2n) is 7.49. The van der Waals surface area contributed by atoms with E-state index in [1.807, 2.05) is 31.2 Å². The zero-order chi connectivity index (χ0) is 21.4. The summed E-state index contributed by atoms with van der Waals surface area (Å²) in [6.45, 7) is 2.36. The molecule has 1 N–H and O–H groups in total. The molecule has 0 aliphatic carbocycles. The lowest BCUT2D eigenvalue weighted by Gasteiger charge is -2.32. The molecule has 0 unspecified atom stereocenters. The maximum atomic E-state index is 13.3. The smallest absolute Gasteiger partial charge is 0.254 e. The first kappa shape index (κ1) is 18.8. The standard InChI is InChI=1S/C23H18N6O2/c1-14-2-6-16(7-3-14)21-27-22(31-28-21)20-10-18-19(26-13-25-18)12-29(20)23(30)17-8-4-15(11-24)5-9-17/h2-9,13,20H,10,12H2,1H3,(H,25,26)/t20-/m0/s1. The maximum Gasteiger partial charge on any atom is 0.254 e. The number of nitrogens with zero attached hydrogens (tertiary/aromatic N) is 5. The highest BCUT2D eigenvalue weighted by Gasteiger charge is 2.36. The average molecular weight is 410 g/mol. The number of carbonyl (C=O) groups is 1. The first-order chi connectivity index (χ1) is 15.1. The lowest BCUT2D eigenvalue weighted by Crippen LogP contribution is -2.39. The molecule has 1 aliphatic rings. The Morgan fingerprint density at radius 2 is 1.97 bits per heavy atom. The third-order valence-corrected chi connectivity index (χ3v) is 5.46. The molecule has 1 amide bonds. The molecule has 8 nitrogen and oxygen atoms in total. The summed E-state index contributed by atoms with van der Waals surface area (Å²) in [5.41, 5.74) is 4.75. The molecule has 1 atom stereocenters. The summed E-state index contributed by atoms with van der Waals surface area (Å²) in [6.07, 6.45) is 2.10. The van der Waals surface area contributed by atoms with Gasteiger partial charge in [0, 0.05) is 17.5 Å². The van der Waals surface area contributed by atoms with Crippen LogP contribution in [-0.4, -0.2) is 30.9 Å².